The average Bonchev–Trinajstić information content (AvgIpc) is 2.32. The summed E-state index contributed by atoms with van der Waals surface area (Å²) in [6.45, 7) is 0. The Morgan fingerprint density at radius 3 is 2.39 bits per heavy atom. The molecule has 1 heterocycles. The smallest absolute Gasteiger partial charge is 0.341 e. The van der Waals surface area contributed by atoms with Crippen molar-refractivity contribution in [3.05, 3.63) is 52.1 Å². The molecule has 0 aliphatic carbocycles. The predicted octanol–water partition coefficient (Wildman–Crippen LogP) is 3.88. The van der Waals surface area contributed by atoms with Crippen LogP contribution in [0.15, 0.2) is 36.4 Å². The second-order valence-electron chi connectivity index (χ2n) is 3.35. The number of nitrogens with zero attached hydrogens (tertiary/aromatic N) is 1. The number of carboxylic acid groups (broad SMARTS) is 1. The highest BCUT2D eigenvalue weighted by Gasteiger charge is 2.14. The van der Waals surface area contributed by atoms with Gasteiger partial charge in [0, 0.05) is 5.02 Å². The van der Waals surface area contributed by atoms with Gasteiger partial charge in [0.25, 0.3) is 0 Å². The second-order valence-corrected chi connectivity index (χ2v) is 4.17. The molecule has 0 radical (unpaired) electrons. The highest BCUT2D eigenvalue weighted by atomic mass is 35.5. The van der Waals surface area contributed by atoms with E-state index in [0.29, 0.717) is 10.8 Å². The van der Waals surface area contributed by atoms with E-state index in [1.165, 1.54) is 12.1 Å². The first-order valence-corrected chi connectivity index (χ1v) is 5.65. The molecule has 0 atom stereocenters. The van der Waals surface area contributed by atoms with Crippen LogP contribution >= 0.6 is 23.2 Å². The number of carboxylic acids is 1. The molecule has 1 aromatic heterocycles. The Morgan fingerprint density at radius 1 is 1.11 bits per heavy atom. The molecular formula is C12H7Cl2NO3. The topological polar surface area (TPSA) is 59.4 Å². The van der Waals surface area contributed by atoms with Crippen molar-refractivity contribution < 1.29 is 14.6 Å². The quantitative estimate of drug-likeness (QED) is 0.869. The van der Waals surface area contributed by atoms with Crippen molar-refractivity contribution >= 4 is 29.2 Å². The van der Waals surface area contributed by atoms with Crippen LogP contribution in [0.2, 0.25) is 10.2 Å². The number of pyridine rings is 1. The molecule has 18 heavy (non-hydrogen) atoms. The van der Waals surface area contributed by atoms with Gasteiger partial charge < -0.3 is 9.84 Å². The molecule has 0 aliphatic rings. The predicted molar refractivity (Wildman–Crippen MR) is 67.7 cm³/mol. The highest BCUT2D eigenvalue weighted by molar-refractivity contribution is 6.30. The Labute approximate surface area is 113 Å². The van der Waals surface area contributed by atoms with Gasteiger partial charge in [0.2, 0.25) is 5.88 Å². The van der Waals surface area contributed by atoms with E-state index in [9.17, 15) is 4.79 Å². The first kappa shape index (κ1) is 12.7. The summed E-state index contributed by atoms with van der Waals surface area (Å²) in [5.74, 6) is -0.767. The molecule has 6 heteroatoms. The fraction of sp³-hybridized carbons (Fsp3) is 0. The van der Waals surface area contributed by atoms with E-state index < -0.39 is 5.97 Å². The van der Waals surface area contributed by atoms with Crippen LogP contribution in [0.3, 0.4) is 0 Å². The van der Waals surface area contributed by atoms with Crippen molar-refractivity contribution in [1.29, 1.82) is 0 Å². The minimum absolute atomic E-state index is 0.0580. The lowest BCUT2D eigenvalue weighted by molar-refractivity contribution is 0.0693. The molecule has 0 saturated heterocycles. The largest absolute Gasteiger partial charge is 0.477 e. The minimum atomic E-state index is -1.14. The SMILES string of the molecule is O=C(O)c1ccc(Cl)nc1Oc1ccc(Cl)cc1. The maximum Gasteiger partial charge on any atom is 0.341 e. The van der Waals surface area contributed by atoms with Crippen LogP contribution in [-0.4, -0.2) is 16.1 Å². The maximum atomic E-state index is 11.0. The van der Waals surface area contributed by atoms with Gasteiger partial charge in [-0.15, -0.1) is 0 Å². The first-order valence-electron chi connectivity index (χ1n) is 4.89. The van der Waals surface area contributed by atoms with E-state index in [1.807, 2.05) is 0 Å². The molecule has 0 bridgehead atoms. The third-order valence-electron chi connectivity index (χ3n) is 2.08. The molecule has 0 spiro atoms. The van der Waals surface area contributed by atoms with Crippen LogP contribution in [0, 0.1) is 0 Å². The van der Waals surface area contributed by atoms with Crippen LogP contribution in [0.4, 0.5) is 0 Å². The van der Waals surface area contributed by atoms with Crippen molar-refractivity contribution in [2.75, 3.05) is 0 Å². The van der Waals surface area contributed by atoms with Crippen molar-refractivity contribution in [1.82, 2.24) is 4.98 Å². The van der Waals surface area contributed by atoms with Crippen LogP contribution in [0.5, 0.6) is 11.6 Å². The molecule has 0 aliphatic heterocycles. The summed E-state index contributed by atoms with van der Waals surface area (Å²) in [6, 6.07) is 9.19. The summed E-state index contributed by atoms with van der Waals surface area (Å²) in [4.78, 5) is 14.8. The number of aromatic carboxylic acids is 1. The lowest BCUT2D eigenvalue weighted by Crippen LogP contribution is -2.02. The van der Waals surface area contributed by atoms with Gasteiger partial charge >= 0.3 is 5.97 Å². The molecule has 92 valence electrons. The van der Waals surface area contributed by atoms with Crippen LogP contribution in [0.25, 0.3) is 0 Å². The van der Waals surface area contributed by atoms with Crippen LogP contribution in [-0.2, 0) is 0 Å². The van der Waals surface area contributed by atoms with Crippen molar-refractivity contribution in [3.63, 3.8) is 0 Å². The molecule has 1 N–H and O–H groups in total. The van der Waals surface area contributed by atoms with Crippen molar-refractivity contribution in [2.24, 2.45) is 0 Å². The monoisotopic (exact) mass is 283 g/mol. The zero-order valence-electron chi connectivity index (χ0n) is 8.93. The average molecular weight is 284 g/mol. The zero-order valence-corrected chi connectivity index (χ0v) is 10.4. The van der Waals surface area contributed by atoms with E-state index in [1.54, 1.807) is 24.3 Å². The summed E-state index contributed by atoms with van der Waals surface area (Å²) in [5.41, 5.74) is -0.0608. The lowest BCUT2D eigenvalue weighted by atomic mass is 10.3. The first-order chi connectivity index (χ1) is 8.56. The molecule has 2 rings (SSSR count). The molecule has 0 fully saturated rings. The summed E-state index contributed by atoms with van der Waals surface area (Å²) >= 11 is 11.4. The minimum Gasteiger partial charge on any atom is -0.477 e. The standard InChI is InChI=1S/C12H7Cl2NO3/c13-7-1-3-8(4-2-7)18-11-9(12(16)17)5-6-10(14)15-11/h1-6H,(H,16,17). The van der Waals surface area contributed by atoms with Gasteiger partial charge in [-0.05, 0) is 36.4 Å². The molecular weight excluding hydrogens is 277 g/mol. The number of hydrogen-bond acceptors (Lipinski definition) is 3. The van der Waals surface area contributed by atoms with Crippen molar-refractivity contribution in [3.8, 4) is 11.6 Å². The lowest BCUT2D eigenvalue weighted by Gasteiger charge is -2.07. The number of rotatable bonds is 3. The van der Waals surface area contributed by atoms with Gasteiger partial charge in [-0.3, -0.25) is 0 Å². The number of halogens is 2. The Morgan fingerprint density at radius 2 is 1.78 bits per heavy atom. The molecule has 2 aromatic rings. The normalized spacial score (nSPS) is 10.1. The number of ether oxygens (including phenoxy) is 1. The molecule has 1 aromatic carbocycles. The molecule has 0 amide bonds. The maximum absolute atomic E-state index is 11.0. The van der Waals surface area contributed by atoms with Crippen molar-refractivity contribution in [2.45, 2.75) is 0 Å². The third kappa shape index (κ3) is 2.91. The third-order valence-corrected chi connectivity index (χ3v) is 2.55. The molecule has 0 saturated carbocycles. The van der Waals surface area contributed by atoms with Crippen LogP contribution < -0.4 is 4.74 Å². The summed E-state index contributed by atoms with van der Waals surface area (Å²) in [6.07, 6.45) is 0. The summed E-state index contributed by atoms with van der Waals surface area (Å²) < 4.78 is 5.37. The summed E-state index contributed by atoms with van der Waals surface area (Å²) in [5, 5.41) is 9.71. The fourth-order valence-corrected chi connectivity index (χ4v) is 1.54. The number of benzene rings is 1. The van der Waals surface area contributed by atoms with E-state index in [-0.39, 0.29) is 16.6 Å². The molecule has 4 nitrogen and oxygen atoms in total. The van der Waals surface area contributed by atoms with E-state index >= 15 is 0 Å². The highest BCUT2D eigenvalue weighted by Crippen LogP contribution is 2.26. The van der Waals surface area contributed by atoms with Gasteiger partial charge in [0.1, 0.15) is 16.5 Å². The van der Waals surface area contributed by atoms with Gasteiger partial charge in [-0.25, -0.2) is 9.78 Å². The van der Waals surface area contributed by atoms with Gasteiger partial charge in [-0.1, -0.05) is 23.2 Å². The number of hydrogen-bond donors (Lipinski definition) is 1. The van der Waals surface area contributed by atoms with E-state index in [0.717, 1.165) is 0 Å². The van der Waals surface area contributed by atoms with Gasteiger partial charge in [-0.2, -0.15) is 0 Å². The van der Waals surface area contributed by atoms with E-state index in [2.05, 4.69) is 4.98 Å². The number of carbonyl (C=O) groups is 1. The Hall–Kier alpha value is -1.78. The van der Waals surface area contributed by atoms with Crippen LogP contribution in [0.1, 0.15) is 10.4 Å². The second kappa shape index (κ2) is 5.25. The fourth-order valence-electron chi connectivity index (χ4n) is 1.27. The Kier molecular flexibility index (Phi) is 3.69. The van der Waals surface area contributed by atoms with E-state index in [4.69, 9.17) is 33.0 Å². The van der Waals surface area contributed by atoms with Gasteiger partial charge in [0.15, 0.2) is 0 Å². The Bertz CT molecular complexity index is 584. The molecule has 0 unspecified atom stereocenters. The number of aromatic nitrogens is 1. The Balaban J connectivity index is 2.35. The summed E-state index contributed by atoms with van der Waals surface area (Å²) in [7, 11) is 0. The zero-order chi connectivity index (χ0) is 13.1. The van der Waals surface area contributed by atoms with Gasteiger partial charge in [0.05, 0.1) is 0 Å².